The molecule has 0 spiro atoms. The van der Waals surface area contributed by atoms with Crippen LogP contribution in [-0.2, 0) is 0 Å². The molecule has 0 unspecified atom stereocenters. The van der Waals surface area contributed by atoms with Crippen molar-refractivity contribution >= 4 is 11.0 Å². The number of furan rings is 3. The van der Waals surface area contributed by atoms with Crippen LogP contribution in [-0.4, -0.2) is 6.79 Å². The molecule has 4 atom stereocenters. The molecule has 8 rings (SSSR count). The van der Waals surface area contributed by atoms with Crippen molar-refractivity contribution in [3.05, 3.63) is 132 Å². The van der Waals surface area contributed by atoms with Crippen LogP contribution < -0.4 is 9.47 Å². The van der Waals surface area contributed by atoms with E-state index in [0.29, 0.717) is 60.1 Å². The summed E-state index contributed by atoms with van der Waals surface area (Å²) in [5.74, 6) is 11.3. The van der Waals surface area contributed by atoms with Crippen molar-refractivity contribution in [3.8, 4) is 22.6 Å². The molecule has 1 aliphatic carbocycles. The van der Waals surface area contributed by atoms with Crippen LogP contribution in [0.1, 0.15) is 195 Å². The Morgan fingerprint density at radius 1 is 0.530 bits per heavy atom. The Hall–Kier alpha value is -4.64. The van der Waals surface area contributed by atoms with Crippen LogP contribution in [0.2, 0.25) is 0 Å². The van der Waals surface area contributed by atoms with Crippen molar-refractivity contribution < 1.29 is 22.7 Å². The molecule has 1 fully saturated rings. The zero-order valence-electron chi connectivity index (χ0n) is 44.0. The summed E-state index contributed by atoms with van der Waals surface area (Å²) < 4.78 is 28.3. The van der Waals surface area contributed by atoms with Crippen LogP contribution in [0.5, 0.6) is 11.5 Å². The topological polar surface area (TPSA) is 57.9 Å². The highest BCUT2D eigenvalue weighted by atomic mass is 16.7. The van der Waals surface area contributed by atoms with Gasteiger partial charge in [-0.2, -0.15) is 0 Å². The van der Waals surface area contributed by atoms with E-state index in [-0.39, 0.29) is 10.8 Å². The number of fused-ring (bicyclic) bond motifs is 2. The average Bonchev–Trinajstić information content (AvgIpc) is 3.64. The number of para-hydroxylation sites is 1. The minimum Gasteiger partial charge on any atom is -0.469 e. The standard InChI is InChI=1S/C16H22O.C16H20O.C15H22O2.C14H22O/c1-11(2)15(16(3,4)5)14-10-12-8-6-7-9-13(12)17-14;1-4-15(12(2)3)16-10-14(11-17-16)13-8-6-5-7-9-13;1-10(2)14(15(3,4)5)11-6-7-12-13(8-11)17-9-16-12;1-9(2)12-7-13(15-8-12)14(10(3)4)11-5-6-11/h6-11,15H,1-5H3;5-12,15H,4H2,1-3H3;6-8,10,14H,9H2,1-5H3;7-11,14H,5-6H2,1-4H3/t2*15-;2*14-/m0001/s1. The third kappa shape index (κ3) is 14.0. The highest BCUT2D eigenvalue weighted by molar-refractivity contribution is 5.77. The van der Waals surface area contributed by atoms with Crippen molar-refractivity contribution in [1.82, 2.24) is 0 Å². The van der Waals surface area contributed by atoms with Crippen LogP contribution in [0.4, 0.5) is 0 Å². The van der Waals surface area contributed by atoms with E-state index in [0.717, 1.165) is 40.9 Å². The molecule has 5 heteroatoms. The molecule has 0 radical (unpaired) electrons. The second-order valence-electron chi connectivity index (χ2n) is 22.9. The van der Waals surface area contributed by atoms with Gasteiger partial charge in [0.15, 0.2) is 11.5 Å². The average molecular weight is 899 g/mol. The summed E-state index contributed by atoms with van der Waals surface area (Å²) in [6.45, 7) is 38.9. The van der Waals surface area contributed by atoms with E-state index in [1.165, 1.54) is 46.2 Å². The molecular formula is C61H86O5. The molecule has 6 aromatic rings. The largest absolute Gasteiger partial charge is 0.469 e. The van der Waals surface area contributed by atoms with E-state index < -0.39 is 0 Å². The van der Waals surface area contributed by atoms with Gasteiger partial charge in [0.2, 0.25) is 6.79 Å². The first kappa shape index (κ1) is 52.3. The van der Waals surface area contributed by atoms with Crippen molar-refractivity contribution in [1.29, 1.82) is 0 Å². The summed E-state index contributed by atoms with van der Waals surface area (Å²) in [7, 11) is 0. The molecular weight excluding hydrogens is 813 g/mol. The van der Waals surface area contributed by atoms with E-state index >= 15 is 0 Å². The zero-order chi connectivity index (χ0) is 48.5. The predicted molar refractivity (Wildman–Crippen MR) is 278 cm³/mol. The second kappa shape index (κ2) is 22.9. The lowest BCUT2D eigenvalue weighted by Gasteiger charge is -2.34. The molecule has 66 heavy (non-hydrogen) atoms. The predicted octanol–water partition coefficient (Wildman–Crippen LogP) is 19.1. The van der Waals surface area contributed by atoms with Gasteiger partial charge in [0.1, 0.15) is 22.9 Å². The number of ether oxygens (including phenoxy) is 2. The summed E-state index contributed by atoms with van der Waals surface area (Å²) in [5, 5.41) is 1.21. The van der Waals surface area contributed by atoms with Gasteiger partial charge in [-0.3, -0.25) is 0 Å². The molecule has 0 N–H and O–H groups in total. The van der Waals surface area contributed by atoms with Crippen LogP contribution in [0.15, 0.2) is 117 Å². The first-order chi connectivity index (χ1) is 31.1. The summed E-state index contributed by atoms with van der Waals surface area (Å²) >= 11 is 0. The van der Waals surface area contributed by atoms with Gasteiger partial charge in [-0.15, -0.1) is 0 Å². The van der Waals surface area contributed by atoms with Gasteiger partial charge < -0.3 is 22.7 Å². The van der Waals surface area contributed by atoms with Crippen molar-refractivity contribution in [2.45, 2.75) is 167 Å². The smallest absolute Gasteiger partial charge is 0.231 e. The van der Waals surface area contributed by atoms with Crippen LogP contribution in [0, 0.1) is 40.4 Å². The normalized spacial score (nSPS) is 15.5. The Morgan fingerprint density at radius 3 is 1.67 bits per heavy atom. The van der Waals surface area contributed by atoms with Crippen LogP contribution in [0.3, 0.4) is 0 Å². The summed E-state index contributed by atoms with van der Waals surface area (Å²) in [4.78, 5) is 0. The highest BCUT2D eigenvalue weighted by Crippen LogP contribution is 2.48. The van der Waals surface area contributed by atoms with Gasteiger partial charge in [0.25, 0.3) is 0 Å². The minimum atomic E-state index is 0.224. The molecule has 3 aromatic heterocycles. The van der Waals surface area contributed by atoms with E-state index in [2.05, 4.69) is 184 Å². The van der Waals surface area contributed by atoms with Gasteiger partial charge in [-0.25, -0.2) is 0 Å². The maximum atomic E-state index is 6.02. The molecule has 1 aliphatic heterocycles. The number of rotatable bonds is 12. The molecule has 0 amide bonds. The van der Waals surface area contributed by atoms with Crippen molar-refractivity contribution in [2.75, 3.05) is 6.79 Å². The number of hydrogen-bond donors (Lipinski definition) is 0. The summed E-state index contributed by atoms with van der Waals surface area (Å²) in [6.07, 6.45) is 7.72. The SMILES string of the molecule is CC(C)[C@@H](c1cc2ccccc2o1)C(C)(C)C.CC(C)[C@@H](c1ccc2c(c1)OCO2)C(C)(C)C.CC(C)c1coc([C@H](C(C)C)C2CC2)c1.CC[C@H](c1cc(-c2ccccc2)co1)C(C)C. The van der Waals surface area contributed by atoms with E-state index in [1.807, 2.05) is 36.8 Å². The monoisotopic (exact) mass is 899 g/mol. The van der Waals surface area contributed by atoms with Crippen molar-refractivity contribution in [3.63, 3.8) is 0 Å². The minimum absolute atomic E-state index is 0.224. The zero-order valence-corrected chi connectivity index (χ0v) is 44.0. The van der Waals surface area contributed by atoms with Gasteiger partial charge in [0.05, 0.1) is 12.5 Å². The van der Waals surface area contributed by atoms with E-state index in [4.69, 9.17) is 22.7 Å². The molecule has 360 valence electrons. The second-order valence-corrected chi connectivity index (χ2v) is 22.9. The molecule has 0 bridgehead atoms. The van der Waals surface area contributed by atoms with E-state index in [1.54, 1.807) is 0 Å². The Labute approximate surface area is 400 Å². The summed E-state index contributed by atoms with van der Waals surface area (Å²) in [6, 6.07) is 31.6. The molecule has 5 nitrogen and oxygen atoms in total. The molecule has 0 saturated heterocycles. The van der Waals surface area contributed by atoms with Crippen molar-refractivity contribution in [2.24, 2.45) is 40.4 Å². The Bertz CT molecular complexity index is 2300. The lowest BCUT2D eigenvalue weighted by molar-refractivity contribution is 0.174. The molecule has 2 aliphatic rings. The van der Waals surface area contributed by atoms with Crippen LogP contribution in [0.25, 0.3) is 22.1 Å². The fraction of sp³-hybridized carbons (Fsp3) is 0.541. The first-order valence-corrected chi connectivity index (χ1v) is 25.2. The fourth-order valence-corrected chi connectivity index (χ4v) is 10.6. The quantitative estimate of drug-likeness (QED) is 0.122. The molecule has 3 aromatic carbocycles. The Kier molecular flexibility index (Phi) is 18.2. The van der Waals surface area contributed by atoms with E-state index in [9.17, 15) is 0 Å². The van der Waals surface area contributed by atoms with Gasteiger partial charge in [-0.1, -0.05) is 172 Å². The van der Waals surface area contributed by atoms with Gasteiger partial charge in [0, 0.05) is 28.7 Å². The lowest BCUT2D eigenvalue weighted by Crippen LogP contribution is -2.23. The number of hydrogen-bond acceptors (Lipinski definition) is 5. The Balaban J connectivity index is 0.000000165. The number of benzene rings is 3. The third-order valence-electron chi connectivity index (χ3n) is 13.5. The molecule has 1 saturated carbocycles. The van der Waals surface area contributed by atoms with Gasteiger partial charge in [-0.05, 0) is 125 Å². The lowest BCUT2D eigenvalue weighted by atomic mass is 9.70. The first-order valence-electron chi connectivity index (χ1n) is 25.2. The maximum Gasteiger partial charge on any atom is 0.231 e. The maximum absolute atomic E-state index is 6.02. The molecule has 4 heterocycles. The Morgan fingerprint density at radius 2 is 1.14 bits per heavy atom. The van der Waals surface area contributed by atoms with Gasteiger partial charge >= 0.3 is 0 Å². The fourth-order valence-electron chi connectivity index (χ4n) is 10.6. The highest BCUT2D eigenvalue weighted by Gasteiger charge is 2.36. The van der Waals surface area contributed by atoms with Crippen LogP contribution >= 0.6 is 0 Å². The summed E-state index contributed by atoms with van der Waals surface area (Å²) in [5.41, 5.74) is 6.57. The third-order valence-corrected chi connectivity index (χ3v) is 13.5.